The van der Waals surface area contributed by atoms with Gasteiger partial charge in [0.1, 0.15) is 0 Å². The van der Waals surface area contributed by atoms with E-state index in [-0.39, 0.29) is 11.5 Å². The minimum absolute atomic E-state index is 0.224. The molecule has 0 spiro atoms. The Morgan fingerprint density at radius 1 is 0.970 bits per heavy atom. The highest BCUT2D eigenvalue weighted by Gasteiger charge is 2.16. The largest absolute Gasteiger partial charge is 0.462 e. The highest BCUT2D eigenvalue weighted by atomic mass is 35.5. The lowest BCUT2D eigenvalue weighted by Gasteiger charge is -2.10. The summed E-state index contributed by atoms with van der Waals surface area (Å²) in [6.45, 7) is 2.05. The molecular weight excluding hydrogens is 460 g/mol. The first kappa shape index (κ1) is 22.8. The van der Waals surface area contributed by atoms with Crippen LogP contribution in [0, 0.1) is 0 Å². The summed E-state index contributed by atoms with van der Waals surface area (Å²) in [7, 11) is -3.32. The second kappa shape index (κ2) is 9.21. The van der Waals surface area contributed by atoms with E-state index in [2.05, 4.69) is 0 Å². The summed E-state index contributed by atoms with van der Waals surface area (Å²) in [5, 5.41) is 5.39. The van der Waals surface area contributed by atoms with Crippen LogP contribution < -0.4 is 0 Å². The third-order valence-corrected chi connectivity index (χ3v) is 6.41. The minimum Gasteiger partial charge on any atom is -0.462 e. The molecule has 4 rings (SSSR count). The van der Waals surface area contributed by atoms with E-state index < -0.39 is 15.8 Å². The van der Waals surface area contributed by atoms with Crippen LogP contribution in [0.25, 0.3) is 28.2 Å². The van der Waals surface area contributed by atoms with Crippen molar-refractivity contribution in [1.82, 2.24) is 9.78 Å². The molecule has 4 aromatic rings. The van der Waals surface area contributed by atoms with Crippen LogP contribution in [0.3, 0.4) is 0 Å². The van der Waals surface area contributed by atoms with Crippen molar-refractivity contribution < 1.29 is 17.9 Å². The Labute approximate surface area is 197 Å². The Hall–Kier alpha value is -3.42. The quantitative estimate of drug-likeness (QED) is 0.343. The molecule has 6 nitrogen and oxygen atoms in total. The first-order valence-corrected chi connectivity index (χ1v) is 12.5. The summed E-state index contributed by atoms with van der Waals surface area (Å²) in [5.74, 6) is -0.402. The van der Waals surface area contributed by atoms with Gasteiger partial charge in [0.25, 0.3) is 0 Å². The van der Waals surface area contributed by atoms with Crippen molar-refractivity contribution in [2.75, 3.05) is 12.9 Å². The molecule has 3 aromatic carbocycles. The van der Waals surface area contributed by atoms with Gasteiger partial charge in [0.05, 0.1) is 34.1 Å². The number of nitrogens with zero attached hydrogens (tertiary/aromatic N) is 2. The normalized spacial score (nSPS) is 11.4. The first-order chi connectivity index (χ1) is 15.8. The summed E-state index contributed by atoms with van der Waals surface area (Å²) < 4.78 is 30.6. The molecule has 0 bridgehead atoms. The monoisotopic (exact) mass is 480 g/mol. The molecule has 0 aliphatic carbocycles. The van der Waals surface area contributed by atoms with E-state index in [0.29, 0.717) is 22.0 Å². The van der Waals surface area contributed by atoms with Gasteiger partial charge in [0.15, 0.2) is 9.84 Å². The van der Waals surface area contributed by atoms with Gasteiger partial charge in [-0.3, -0.25) is 0 Å². The van der Waals surface area contributed by atoms with Gasteiger partial charge in [0.2, 0.25) is 0 Å². The summed E-state index contributed by atoms with van der Waals surface area (Å²) in [6, 6.07) is 22.9. The predicted octanol–water partition coefficient (Wildman–Crippen LogP) is 5.44. The lowest BCUT2D eigenvalue weighted by molar-refractivity contribution is 0.0526. The van der Waals surface area contributed by atoms with Crippen molar-refractivity contribution in [3.63, 3.8) is 0 Å². The predicted molar refractivity (Wildman–Crippen MR) is 129 cm³/mol. The first-order valence-electron chi connectivity index (χ1n) is 10.2. The molecule has 1 aromatic heterocycles. The number of carbonyl (C=O) groups excluding carboxylic acids is 1. The zero-order chi connectivity index (χ0) is 23.6. The minimum atomic E-state index is -3.32. The molecule has 0 amide bonds. The van der Waals surface area contributed by atoms with Gasteiger partial charge in [0, 0.05) is 22.4 Å². The van der Waals surface area contributed by atoms with Gasteiger partial charge in [-0.05, 0) is 61.5 Å². The highest BCUT2D eigenvalue weighted by molar-refractivity contribution is 7.90. The highest BCUT2D eigenvalue weighted by Crippen LogP contribution is 2.30. The van der Waals surface area contributed by atoms with Crippen LogP contribution >= 0.6 is 11.6 Å². The smallest absolute Gasteiger partial charge is 0.338 e. The fraction of sp³-hybridized carbons (Fsp3) is 0.120. The Balaban J connectivity index is 1.86. The molecule has 0 aliphatic heterocycles. The molecule has 168 valence electrons. The molecule has 0 aliphatic rings. The summed E-state index contributed by atoms with van der Waals surface area (Å²) >= 11 is 6.03. The SMILES string of the molecule is CCOC(=O)c1cccc(-c2cc(-c3ccc(Cl)cc3)nn2-c2ccc(S(C)(=O)=O)cc2)c1. The topological polar surface area (TPSA) is 78.3 Å². The molecule has 0 unspecified atom stereocenters. The summed E-state index contributed by atoms with van der Waals surface area (Å²) in [4.78, 5) is 12.5. The van der Waals surface area contributed by atoms with Crippen LogP contribution in [-0.2, 0) is 14.6 Å². The Bertz CT molecular complexity index is 1410. The van der Waals surface area contributed by atoms with Crippen molar-refractivity contribution in [2.24, 2.45) is 0 Å². The molecule has 0 saturated carbocycles. The number of aromatic nitrogens is 2. The van der Waals surface area contributed by atoms with E-state index >= 15 is 0 Å². The molecule has 0 fully saturated rings. The third-order valence-electron chi connectivity index (χ3n) is 5.03. The lowest BCUT2D eigenvalue weighted by atomic mass is 10.1. The van der Waals surface area contributed by atoms with E-state index in [4.69, 9.17) is 21.4 Å². The van der Waals surface area contributed by atoms with Gasteiger partial charge in [-0.1, -0.05) is 35.9 Å². The molecule has 1 heterocycles. The standard InChI is InChI=1S/C25H21ClN2O4S/c1-3-32-25(29)19-6-4-5-18(15-19)24-16-23(17-7-9-20(26)10-8-17)27-28(24)21-11-13-22(14-12-21)33(2,30)31/h4-16H,3H2,1-2H3. The number of sulfone groups is 1. The number of carbonyl (C=O) groups is 1. The molecule has 0 radical (unpaired) electrons. The van der Waals surface area contributed by atoms with E-state index in [1.807, 2.05) is 24.3 Å². The van der Waals surface area contributed by atoms with Crippen molar-refractivity contribution in [3.05, 3.63) is 89.4 Å². The van der Waals surface area contributed by atoms with E-state index in [9.17, 15) is 13.2 Å². The van der Waals surface area contributed by atoms with Crippen molar-refractivity contribution in [1.29, 1.82) is 0 Å². The van der Waals surface area contributed by atoms with Gasteiger partial charge in [-0.15, -0.1) is 0 Å². The second-order valence-corrected chi connectivity index (χ2v) is 9.85. The van der Waals surface area contributed by atoms with E-state index in [1.54, 1.807) is 66.2 Å². The van der Waals surface area contributed by atoms with Crippen molar-refractivity contribution >= 4 is 27.4 Å². The average Bonchev–Trinajstić information content (AvgIpc) is 3.25. The zero-order valence-electron chi connectivity index (χ0n) is 18.0. The number of esters is 1. The molecule has 0 saturated heterocycles. The Kier molecular flexibility index (Phi) is 6.35. The van der Waals surface area contributed by atoms with E-state index in [0.717, 1.165) is 16.8 Å². The molecule has 0 N–H and O–H groups in total. The van der Waals surface area contributed by atoms with Crippen LogP contribution in [0.1, 0.15) is 17.3 Å². The van der Waals surface area contributed by atoms with Gasteiger partial charge >= 0.3 is 5.97 Å². The van der Waals surface area contributed by atoms with E-state index in [1.165, 1.54) is 6.26 Å². The molecule has 33 heavy (non-hydrogen) atoms. The van der Waals surface area contributed by atoms with Crippen LogP contribution in [0.15, 0.2) is 83.8 Å². The number of hydrogen-bond donors (Lipinski definition) is 0. The zero-order valence-corrected chi connectivity index (χ0v) is 19.6. The van der Waals surface area contributed by atoms with Crippen molar-refractivity contribution in [2.45, 2.75) is 11.8 Å². The molecule has 8 heteroatoms. The maximum Gasteiger partial charge on any atom is 0.338 e. The lowest BCUT2D eigenvalue weighted by Crippen LogP contribution is -2.05. The number of halogens is 1. The van der Waals surface area contributed by atoms with Crippen LogP contribution in [0.5, 0.6) is 0 Å². The van der Waals surface area contributed by atoms with Crippen LogP contribution in [0.2, 0.25) is 5.02 Å². The number of hydrogen-bond acceptors (Lipinski definition) is 5. The maximum atomic E-state index is 12.3. The fourth-order valence-corrected chi connectivity index (χ4v) is 4.16. The summed E-state index contributed by atoms with van der Waals surface area (Å²) in [5.41, 5.74) is 4.18. The third kappa shape index (κ3) is 4.99. The van der Waals surface area contributed by atoms with Crippen LogP contribution in [0.4, 0.5) is 0 Å². The summed E-state index contributed by atoms with van der Waals surface area (Å²) in [6.07, 6.45) is 1.17. The number of benzene rings is 3. The Morgan fingerprint density at radius 3 is 2.30 bits per heavy atom. The number of rotatable bonds is 6. The fourth-order valence-electron chi connectivity index (χ4n) is 3.40. The second-order valence-electron chi connectivity index (χ2n) is 7.40. The van der Waals surface area contributed by atoms with Gasteiger partial charge < -0.3 is 4.74 Å². The number of ether oxygens (including phenoxy) is 1. The van der Waals surface area contributed by atoms with Crippen molar-refractivity contribution in [3.8, 4) is 28.2 Å². The molecule has 0 atom stereocenters. The van der Waals surface area contributed by atoms with Gasteiger partial charge in [-0.25, -0.2) is 17.9 Å². The average molecular weight is 481 g/mol. The maximum absolute atomic E-state index is 12.3. The van der Waals surface area contributed by atoms with Gasteiger partial charge in [-0.2, -0.15) is 5.10 Å². The molecular formula is C25H21ClN2O4S. The Morgan fingerprint density at radius 2 is 1.67 bits per heavy atom. The van der Waals surface area contributed by atoms with Crippen LogP contribution in [-0.4, -0.2) is 37.0 Å².